The third-order valence-electron chi connectivity index (χ3n) is 3.29. The molecule has 1 aliphatic rings. The maximum atomic E-state index is 12.6. The van der Waals surface area contributed by atoms with Gasteiger partial charge >= 0.3 is 0 Å². The Hall–Kier alpha value is -1.52. The molecule has 0 amide bonds. The number of nitrogens with zero attached hydrogens (tertiary/aromatic N) is 1. The summed E-state index contributed by atoms with van der Waals surface area (Å²) in [6.45, 7) is 0. The van der Waals surface area contributed by atoms with Crippen LogP contribution in [-0.2, 0) is 0 Å². The lowest BCUT2D eigenvalue weighted by molar-refractivity contribution is 0.103. The normalized spacial score (nSPS) is 14.3. The number of aromatic nitrogens is 1. The predicted octanol–water partition coefficient (Wildman–Crippen LogP) is 4.10. The zero-order valence-corrected chi connectivity index (χ0v) is 12.2. The molecule has 0 bridgehead atoms. The second-order valence-corrected chi connectivity index (χ2v) is 5.43. The Morgan fingerprint density at radius 2 is 2.10 bits per heavy atom. The molecule has 1 aliphatic carbocycles. The summed E-state index contributed by atoms with van der Waals surface area (Å²) in [6, 6.07) is 3.17. The molecular weight excluding hydrogens is 301 g/mol. The molecule has 0 unspecified atom stereocenters. The lowest BCUT2D eigenvalue weighted by atomic mass is 10.0. The van der Waals surface area contributed by atoms with Gasteiger partial charge in [0.2, 0.25) is 5.78 Å². The first-order chi connectivity index (χ1) is 9.63. The smallest absolute Gasteiger partial charge is 0.202 e. The molecule has 0 aliphatic heterocycles. The van der Waals surface area contributed by atoms with Crippen LogP contribution in [0.4, 0.5) is 0 Å². The first kappa shape index (κ1) is 13.5. The molecule has 0 radical (unpaired) electrons. The van der Waals surface area contributed by atoms with E-state index in [-0.39, 0.29) is 16.6 Å². The third kappa shape index (κ3) is 2.19. The molecule has 1 heterocycles. The number of hydrogen-bond acceptors (Lipinski definition) is 4. The highest BCUT2D eigenvalue weighted by Crippen LogP contribution is 2.43. The lowest BCUT2D eigenvalue weighted by Crippen LogP contribution is -2.05. The van der Waals surface area contributed by atoms with E-state index in [2.05, 4.69) is 5.16 Å². The van der Waals surface area contributed by atoms with Crippen LogP contribution in [0.5, 0.6) is 5.75 Å². The van der Waals surface area contributed by atoms with Crippen LogP contribution in [-0.4, -0.2) is 18.0 Å². The minimum absolute atomic E-state index is 0.219. The Bertz CT molecular complexity index is 677. The molecule has 0 saturated heterocycles. The Morgan fingerprint density at radius 3 is 2.75 bits per heavy atom. The second-order valence-electron chi connectivity index (χ2n) is 4.65. The summed E-state index contributed by atoms with van der Waals surface area (Å²) in [5, 5.41) is 4.30. The predicted molar refractivity (Wildman–Crippen MR) is 74.9 cm³/mol. The van der Waals surface area contributed by atoms with Gasteiger partial charge in [0.15, 0.2) is 5.76 Å². The molecule has 4 nitrogen and oxygen atoms in total. The van der Waals surface area contributed by atoms with E-state index in [1.807, 2.05) is 0 Å². The highest BCUT2D eigenvalue weighted by Gasteiger charge is 2.33. The van der Waals surface area contributed by atoms with Gasteiger partial charge in [-0.15, -0.1) is 0 Å². The molecule has 6 heteroatoms. The number of rotatable bonds is 4. The summed E-state index contributed by atoms with van der Waals surface area (Å²) < 4.78 is 10.4. The fraction of sp³-hybridized carbons (Fsp3) is 0.286. The lowest BCUT2D eigenvalue weighted by Gasteiger charge is -2.10. The topological polar surface area (TPSA) is 52.3 Å². The van der Waals surface area contributed by atoms with Crippen molar-refractivity contribution in [1.82, 2.24) is 5.16 Å². The maximum absolute atomic E-state index is 12.6. The third-order valence-corrected chi connectivity index (χ3v) is 4.08. The maximum Gasteiger partial charge on any atom is 0.202 e. The van der Waals surface area contributed by atoms with Gasteiger partial charge in [-0.2, -0.15) is 0 Å². The SMILES string of the molecule is COc1c(C(=O)c2cnoc2C2CC2)ccc(Cl)c1Cl. The van der Waals surface area contributed by atoms with Gasteiger partial charge in [0.25, 0.3) is 0 Å². The molecule has 1 aromatic carbocycles. The minimum Gasteiger partial charge on any atom is -0.494 e. The minimum atomic E-state index is -0.219. The van der Waals surface area contributed by atoms with E-state index in [1.54, 1.807) is 12.1 Å². The van der Waals surface area contributed by atoms with E-state index < -0.39 is 0 Å². The second kappa shape index (κ2) is 5.11. The monoisotopic (exact) mass is 311 g/mol. The molecule has 104 valence electrons. The van der Waals surface area contributed by atoms with Crippen LogP contribution in [0.3, 0.4) is 0 Å². The molecule has 20 heavy (non-hydrogen) atoms. The Kier molecular flexibility index (Phi) is 3.44. The van der Waals surface area contributed by atoms with Crippen LogP contribution in [0.15, 0.2) is 22.9 Å². The van der Waals surface area contributed by atoms with Crippen molar-refractivity contribution >= 4 is 29.0 Å². The Labute approximate surface area is 125 Å². The molecule has 2 aromatic rings. The zero-order valence-electron chi connectivity index (χ0n) is 10.7. The van der Waals surface area contributed by atoms with Crippen molar-refractivity contribution in [2.45, 2.75) is 18.8 Å². The summed E-state index contributed by atoms with van der Waals surface area (Å²) in [5.74, 6) is 0.990. The van der Waals surface area contributed by atoms with Crippen molar-refractivity contribution in [2.24, 2.45) is 0 Å². The van der Waals surface area contributed by atoms with E-state index >= 15 is 0 Å². The van der Waals surface area contributed by atoms with Crippen LogP contribution in [0.1, 0.15) is 40.4 Å². The molecule has 1 saturated carbocycles. The van der Waals surface area contributed by atoms with E-state index in [9.17, 15) is 4.79 Å². The number of carbonyl (C=O) groups is 1. The summed E-state index contributed by atoms with van der Waals surface area (Å²) in [4.78, 5) is 12.6. The van der Waals surface area contributed by atoms with E-state index in [0.29, 0.717) is 27.8 Å². The van der Waals surface area contributed by atoms with Gasteiger partial charge in [-0.3, -0.25) is 4.79 Å². The first-order valence-electron chi connectivity index (χ1n) is 6.14. The molecule has 0 spiro atoms. The number of ether oxygens (including phenoxy) is 1. The van der Waals surface area contributed by atoms with Gasteiger partial charge in [-0.25, -0.2) is 0 Å². The fourth-order valence-electron chi connectivity index (χ4n) is 2.11. The average Bonchev–Trinajstić information content (AvgIpc) is 3.18. The van der Waals surface area contributed by atoms with Crippen molar-refractivity contribution in [2.75, 3.05) is 7.11 Å². The Morgan fingerprint density at radius 1 is 1.35 bits per heavy atom. The highest BCUT2D eigenvalue weighted by molar-refractivity contribution is 6.43. The van der Waals surface area contributed by atoms with Crippen molar-refractivity contribution < 1.29 is 14.1 Å². The van der Waals surface area contributed by atoms with Gasteiger partial charge in [-0.1, -0.05) is 28.4 Å². The fourth-order valence-corrected chi connectivity index (χ4v) is 2.51. The van der Waals surface area contributed by atoms with Crippen LogP contribution in [0.25, 0.3) is 0 Å². The molecule has 0 N–H and O–H groups in total. The number of hydrogen-bond donors (Lipinski definition) is 0. The van der Waals surface area contributed by atoms with E-state index in [4.69, 9.17) is 32.5 Å². The van der Waals surface area contributed by atoms with Gasteiger partial charge in [-0.05, 0) is 25.0 Å². The van der Waals surface area contributed by atoms with E-state index in [1.165, 1.54) is 13.3 Å². The van der Waals surface area contributed by atoms with E-state index in [0.717, 1.165) is 12.8 Å². The molecular formula is C14H11Cl2NO3. The largest absolute Gasteiger partial charge is 0.494 e. The quantitative estimate of drug-likeness (QED) is 0.798. The van der Waals surface area contributed by atoms with Crippen molar-refractivity contribution in [3.05, 3.63) is 45.3 Å². The van der Waals surface area contributed by atoms with Crippen molar-refractivity contribution in [3.8, 4) is 5.75 Å². The average molecular weight is 312 g/mol. The van der Waals surface area contributed by atoms with Gasteiger partial charge in [0.05, 0.1) is 29.5 Å². The molecule has 1 fully saturated rings. The number of methoxy groups -OCH3 is 1. The molecule has 0 atom stereocenters. The van der Waals surface area contributed by atoms with Gasteiger partial charge < -0.3 is 9.26 Å². The number of halogens is 2. The summed E-state index contributed by atoms with van der Waals surface area (Å²) in [7, 11) is 1.45. The van der Waals surface area contributed by atoms with Gasteiger partial charge in [0.1, 0.15) is 10.8 Å². The highest BCUT2D eigenvalue weighted by atomic mass is 35.5. The van der Waals surface area contributed by atoms with Crippen LogP contribution < -0.4 is 4.74 Å². The molecule has 3 rings (SSSR count). The van der Waals surface area contributed by atoms with Crippen molar-refractivity contribution in [3.63, 3.8) is 0 Å². The standard InChI is InChI=1S/C14H11Cl2NO3/c1-19-14-8(4-5-10(15)11(14)16)12(18)9-6-17-20-13(9)7-2-3-7/h4-7H,2-3H2,1H3. The number of carbonyl (C=O) groups excluding carboxylic acids is 1. The Balaban J connectivity index is 2.06. The van der Waals surface area contributed by atoms with Gasteiger partial charge in [0, 0.05) is 5.92 Å². The zero-order chi connectivity index (χ0) is 14.3. The molecule has 1 aromatic heterocycles. The first-order valence-corrected chi connectivity index (χ1v) is 6.90. The van der Waals surface area contributed by atoms with Crippen molar-refractivity contribution in [1.29, 1.82) is 0 Å². The number of ketones is 1. The summed E-state index contributed by atoms with van der Waals surface area (Å²) in [5.41, 5.74) is 0.816. The number of benzene rings is 1. The summed E-state index contributed by atoms with van der Waals surface area (Å²) >= 11 is 12.0. The van der Waals surface area contributed by atoms with Crippen LogP contribution in [0.2, 0.25) is 10.0 Å². The summed E-state index contributed by atoms with van der Waals surface area (Å²) in [6.07, 6.45) is 3.49. The van der Waals surface area contributed by atoms with Crippen LogP contribution >= 0.6 is 23.2 Å². The van der Waals surface area contributed by atoms with Crippen LogP contribution in [0, 0.1) is 0 Å².